The Labute approximate surface area is 92.4 Å². The average molecular weight is 210 g/mol. The molecule has 2 unspecified atom stereocenters. The average Bonchev–Trinajstić information content (AvgIpc) is 2.22. The highest BCUT2D eigenvalue weighted by molar-refractivity contribution is 5.81. The van der Waals surface area contributed by atoms with Gasteiger partial charge >= 0.3 is 0 Å². The van der Waals surface area contributed by atoms with E-state index in [0.29, 0.717) is 11.8 Å². The molecule has 15 heavy (non-hydrogen) atoms. The number of carbonyl (C=O) groups excluding carboxylic acids is 1. The molecule has 3 heteroatoms. The second-order valence-electron chi connectivity index (χ2n) is 5.17. The van der Waals surface area contributed by atoms with Crippen molar-refractivity contribution in [2.45, 2.75) is 32.2 Å². The van der Waals surface area contributed by atoms with Gasteiger partial charge < -0.3 is 4.90 Å². The van der Waals surface area contributed by atoms with Crippen LogP contribution in [0, 0.1) is 5.92 Å². The molecule has 0 aromatic carbocycles. The first-order valence-corrected chi connectivity index (χ1v) is 6.12. The molecule has 0 bridgehead atoms. The van der Waals surface area contributed by atoms with Crippen LogP contribution in [0.2, 0.25) is 0 Å². The smallest absolute Gasteiger partial charge is 0.138 e. The second kappa shape index (κ2) is 4.62. The number of rotatable bonds is 1. The van der Waals surface area contributed by atoms with E-state index in [9.17, 15) is 4.79 Å². The maximum Gasteiger partial charge on any atom is 0.138 e. The van der Waals surface area contributed by atoms with Crippen molar-refractivity contribution < 1.29 is 4.79 Å². The monoisotopic (exact) mass is 210 g/mol. The minimum Gasteiger partial charge on any atom is -0.305 e. The first-order chi connectivity index (χ1) is 7.16. The highest BCUT2D eigenvalue weighted by Crippen LogP contribution is 2.20. The molecule has 86 valence electrons. The van der Waals surface area contributed by atoms with E-state index in [1.54, 1.807) is 0 Å². The number of likely N-dealkylation sites (N-methyl/N-ethyl adjacent to an activating group) is 1. The van der Waals surface area contributed by atoms with Gasteiger partial charge in [0, 0.05) is 38.0 Å². The van der Waals surface area contributed by atoms with Crippen molar-refractivity contribution in [3.8, 4) is 0 Å². The fraction of sp³-hybridized carbons (Fsp3) is 0.917. The molecule has 0 spiro atoms. The van der Waals surface area contributed by atoms with E-state index in [0.717, 1.165) is 19.5 Å². The lowest BCUT2D eigenvalue weighted by atomic mass is 9.95. The number of nitrogens with zero attached hydrogens (tertiary/aromatic N) is 2. The lowest BCUT2D eigenvalue weighted by Gasteiger charge is -2.41. The van der Waals surface area contributed by atoms with Crippen molar-refractivity contribution in [2.75, 3.05) is 33.2 Å². The van der Waals surface area contributed by atoms with Gasteiger partial charge in [0.2, 0.25) is 0 Å². The van der Waals surface area contributed by atoms with Crippen LogP contribution in [0.4, 0.5) is 0 Å². The summed E-state index contributed by atoms with van der Waals surface area (Å²) in [5.41, 5.74) is 0. The Hall–Kier alpha value is -0.410. The maximum absolute atomic E-state index is 11.4. The number of hydrogen-bond donors (Lipinski definition) is 0. The van der Waals surface area contributed by atoms with Gasteiger partial charge in [-0.3, -0.25) is 9.69 Å². The SMILES string of the molecule is CC1CN(C2CCCN(C)C2)CCC1=O. The topological polar surface area (TPSA) is 23.6 Å². The Morgan fingerprint density at radius 3 is 2.73 bits per heavy atom. The fourth-order valence-corrected chi connectivity index (χ4v) is 2.81. The van der Waals surface area contributed by atoms with Gasteiger partial charge in [-0.05, 0) is 26.4 Å². The summed E-state index contributed by atoms with van der Waals surface area (Å²) in [5.74, 6) is 0.710. The van der Waals surface area contributed by atoms with Crippen LogP contribution in [0.3, 0.4) is 0 Å². The Bertz CT molecular complexity index is 242. The van der Waals surface area contributed by atoms with Gasteiger partial charge in [0.25, 0.3) is 0 Å². The summed E-state index contributed by atoms with van der Waals surface area (Å²) in [7, 11) is 2.20. The van der Waals surface area contributed by atoms with Crippen LogP contribution >= 0.6 is 0 Å². The van der Waals surface area contributed by atoms with E-state index in [4.69, 9.17) is 0 Å². The molecule has 0 amide bonds. The third-order valence-electron chi connectivity index (χ3n) is 3.82. The summed E-state index contributed by atoms with van der Waals surface area (Å²) in [6.07, 6.45) is 3.38. The molecule has 2 atom stereocenters. The molecule has 0 aromatic rings. The second-order valence-corrected chi connectivity index (χ2v) is 5.17. The Kier molecular flexibility index (Phi) is 3.42. The summed E-state index contributed by atoms with van der Waals surface area (Å²) < 4.78 is 0. The van der Waals surface area contributed by atoms with Gasteiger partial charge in [-0.2, -0.15) is 0 Å². The predicted octanol–water partition coefficient (Wildman–Crippen LogP) is 0.992. The Balaban J connectivity index is 1.90. The molecule has 0 radical (unpaired) electrons. The first-order valence-electron chi connectivity index (χ1n) is 6.12. The number of Topliss-reactive ketones (excluding diaryl/α,β-unsaturated/α-hetero) is 1. The largest absolute Gasteiger partial charge is 0.305 e. The van der Waals surface area contributed by atoms with Gasteiger partial charge in [-0.1, -0.05) is 6.92 Å². The highest BCUT2D eigenvalue weighted by Gasteiger charge is 2.30. The minimum atomic E-state index is 0.256. The van der Waals surface area contributed by atoms with Crippen LogP contribution in [-0.4, -0.2) is 54.9 Å². The van der Waals surface area contributed by atoms with Crippen LogP contribution < -0.4 is 0 Å². The zero-order valence-corrected chi connectivity index (χ0v) is 9.91. The lowest BCUT2D eigenvalue weighted by Crippen LogP contribution is -2.51. The van der Waals surface area contributed by atoms with Crippen molar-refractivity contribution in [3.63, 3.8) is 0 Å². The molecule has 0 N–H and O–H groups in total. The van der Waals surface area contributed by atoms with Gasteiger partial charge in [-0.15, -0.1) is 0 Å². The Morgan fingerprint density at radius 1 is 1.27 bits per heavy atom. The van der Waals surface area contributed by atoms with E-state index in [2.05, 4.69) is 23.8 Å². The summed E-state index contributed by atoms with van der Waals surface area (Å²) in [6, 6.07) is 0.694. The summed E-state index contributed by atoms with van der Waals surface area (Å²) in [4.78, 5) is 16.4. The van der Waals surface area contributed by atoms with Crippen molar-refractivity contribution in [1.29, 1.82) is 0 Å². The molecule has 2 aliphatic heterocycles. The zero-order chi connectivity index (χ0) is 10.8. The van der Waals surface area contributed by atoms with Crippen LogP contribution in [-0.2, 0) is 4.79 Å². The third-order valence-corrected chi connectivity index (χ3v) is 3.82. The summed E-state index contributed by atoms with van der Waals surface area (Å²) in [6.45, 7) is 6.46. The summed E-state index contributed by atoms with van der Waals surface area (Å²) in [5, 5.41) is 0. The molecular formula is C12H22N2O. The molecule has 0 saturated carbocycles. The van der Waals surface area contributed by atoms with E-state index < -0.39 is 0 Å². The summed E-state index contributed by atoms with van der Waals surface area (Å²) >= 11 is 0. The van der Waals surface area contributed by atoms with Gasteiger partial charge in [0.15, 0.2) is 0 Å². The van der Waals surface area contributed by atoms with E-state index in [1.165, 1.54) is 25.9 Å². The van der Waals surface area contributed by atoms with Crippen molar-refractivity contribution >= 4 is 5.78 Å². The third kappa shape index (κ3) is 2.58. The highest BCUT2D eigenvalue weighted by atomic mass is 16.1. The number of carbonyl (C=O) groups is 1. The standard InChI is InChI=1S/C12H22N2O/c1-10-8-14(7-5-12(10)15)11-4-3-6-13(2)9-11/h10-11H,3-9H2,1-2H3. The van der Waals surface area contributed by atoms with Gasteiger partial charge in [-0.25, -0.2) is 0 Å². The fourth-order valence-electron chi connectivity index (χ4n) is 2.81. The molecule has 0 aliphatic carbocycles. The molecule has 2 saturated heterocycles. The molecule has 2 heterocycles. The minimum absolute atomic E-state index is 0.256. The van der Waals surface area contributed by atoms with Crippen LogP contribution in [0.15, 0.2) is 0 Å². The van der Waals surface area contributed by atoms with Crippen LogP contribution in [0.5, 0.6) is 0 Å². The van der Waals surface area contributed by atoms with Crippen LogP contribution in [0.1, 0.15) is 26.2 Å². The van der Waals surface area contributed by atoms with Crippen molar-refractivity contribution in [3.05, 3.63) is 0 Å². The predicted molar refractivity (Wildman–Crippen MR) is 60.9 cm³/mol. The number of piperidine rings is 2. The van der Waals surface area contributed by atoms with Crippen LogP contribution in [0.25, 0.3) is 0 Å². The van der Waals surface area contributed by atoms with Crippen molar-refractivity contribution in [1.82, 2.24) is 9.80 Å². The van der Waals surface area contributed by atoms with E-state index in [-0.39, 0.29) is 5.92 Å². The normalized spacial score (nSPS) is 35.7. The maximum atomic E-state index is 11.4. The molecule has 2 fully saturated rings. The Morgan fingerprint density at radius 2 is 2.07 bits per heavy atom. The molecule has 2 aliphatic rings. The van der Waals surface area contributed by atoms with E-state index >= 15 is 0 Å². The van der Waals surface area contributed by atoms with Gasteiger partial charge in [0.05, 0.1) is 0 Å². The number of hydrogen-bond acceptors (Lipinski definition) is 3. The quantitative estimate of drug-likeness (QED) is 0.645. The first kappa shape index (κ1) is 11.1. The lowest BCUT2D eigenvalue weighted by molar-refractivity contribution is -0.126. The van der Waals surface area contributed by atoms with Crippen molar-refractivity contribution in [2.24, 2.45) is 5.92 Å². The van der Waals surface area contributed by atoms with Gasteiger partial charge in [0.1, 0.15) is 5.78 Å². The molecule has 0 aromatic heterocycles. The molecule has 3 nitrogen and oxygen atoms in total. The number of likely N-dealkylation sites (tertiary alicyclic amines) is 2. The molecular weight excluding hydrogens is 188 g/mol. The zero-order valence-electron chi connectivity index (χ0n) is 9.91. The molecule has 2 rings (SSSR count). The van der Waals surface area contributed by atoms with E-state index in [1.807, 2.05) is 0 Å². The number of ketones is 1.